The Morgan fingerprint density at radius 2 is 1.73 bits per heavy atom. The molecule has 1 aromatic carbocycles. The van der Waals surface area contributed by atoms with E-state index in [9.17, 15) is 9.59 Å². The van der Waals surface area contributed by atoms with Gasteiger partial charge in [0, 0.05) is 42.9 Å². The highest BCUT2D eigenvalue weighted by molar-refractivity contribution is 6.26. The van der Waals surface area contributed by atoms with Crippen LogP contribution in [0.1, 0.15) is 27.6 Å². The maximum Gasteiger partial charge on any atom is 0.209 e. The van der Waals surface area contributed by atoms with Crippen LogP contribution in [-0.2, 0) is 4.74 Å². The van der Waals surface area contributed by atoms with Crippen molar-refractivity contribution < 1.29 is 14.3 Å². The topological polar surface area (TPSA) is 58.6 Å². The van der Waals surface area contributed by atoms with Crippen molar-refractivity contribution in [2.75, 3.05) is 39.4 Å². The van der Waals surface area contributed by atoms with E-state index in [2.05, 4.69) is 10.2 Å². The van der Waals surface area contributed by atoms with Crippen LogP contribution in [0.15, 0.2) is 35.5 Å². The molecule has 0 amide bonds. The van der Waals surface area contributed by atoms with Gasteiger partial charge in [-0.05, 0) is 6.92 Å². The summed E-state index contributed by atoms with van der Waals surface area (Å²) < 4.78 is 5.31. The summed E-state index contributed by atoms with van der Waals surface area (Å²) in [6.07, 6.45) is 0. The summed E-state index contributed by atoms with van der Waals surface area (Å²) in [4.78, 5) is 27.2. The summed E-state index contributed by atoms with van der Waals surface area (Å²) in [5.41, 5.74) is 1.94. The average Bonchev–Trinajstić information content (AvgIpc) is 2.57. The fourth-order valence-corrected chi connectivity index (χ4v) is 2.88. The highest BCUT2D eigenvalue weighted by Gasteiger charge is 2.29. The van der Waals surface area contributed by atoms with Crippen LogP contribution in [0.5, 0.6) is 0 Å². The molecule has 5 heteroatoms. The van der Waals surface area contributed by atoms with Gasteiger partial charge in [-0.25, -0.2) is 0 Å². The molecule has 1 N–H and O–H groups in total. The second kappa shape index (κ2) is 6.42. The molecule has 116 valence electrons. The van der Waals surface area contributed by atoms with Crippen LogP contribution in [0.2, 0.25) is 0 Å². The van der Waals surface area contributed by atoms with Gasteiger partial charge < -0.3 is 10.1 Å². The zero-order valence-electron chi connectivity index (χ0n) is 12.7. The Balaban J connectivity index is 1.69. The predicted molar refractivity (Wildman–Crippen MR) is 83.1 cm³/mol. The zero-order chi connectivity index (χ0) is 15.5. The minimum Gasteiger partial charge on any atom is -0.380 e. The number of allylic oxidation sites excluding steroid dienone is 2. The molecule has 1 aromatic rings. The molecule has 5 nitrogen and oxygen atoms in total. The van der Waals surface area contributed by atoms with Gasteiger partial charge in [0.25, 0.3) is 0 Å². The van der Waals surface area contributed by atoms with Crippen molar-refractivity contribution in [3.05, 3.63) is 46.7 Å². The highest BCUT2D eigenvalue weighted by Crippen LogP contribution is 2.24. The fraction of sp³-hybridized carbons (Fsp3) is 0.412. The summed E-state index contributed by atoms with van der Waals surface area (Å²) in [6, 6.07) is 7.00. The first-order valence-electron chi connectivity index (χ1n) is 7.62. The zero-order valence-corrected chi connectivity index (χ0v) is 12.7. The van der Waals surface area contributed by atoms with Gasteiger partial charge in [-0.15, -0.1) is 0 Å². The second-order valence-corrected chi connectivity index (χ2v) is 5.58. The van der Waals surface area contributed by atoms with Gasteiger partial charge in [0.1, 0.15) is 0 Å². The molecule has 1 saturated heterocycles. The van der Waals surface area contributed by atoms with Gasteiger partial charge in [-0.2, -0.15) is 0 Å². The lowest BCUT2D eigenvalue weighted by Crippen LogP contribution is -2.41. The Morgan fingerprint density at radius 3 is 2.41 bits per heavy atom. The number of nitrogens with one attached hydrogen (secondary N) is 1. The summed E-state index contributed by atoms with van der Waals surface area (Å²) in [5.74, 6) is -0.154. The molecule has 0 unspecified atom stereocenters. The summed E-state index contributed by atoms with van der Waals surface area (Å²) >= 11 is 0. The largest absolute Gasteiger partial charge is 0.380 e. The van der Waals surface area contributed by atoms with Crippen molar-refractivity contribution in [1.29, 1.82) is 0 Å². The Bertz CT molecular complexity index is 631. The summed E-state index contributed by atoms with van der Waals surface area (Å²) in [5, 5.41) is 3.17. The molecule has 0 aromatic heterocycles. The molecule has 1 heterocycles. The highest BCUT2D eigenvalue weighted by atomic mass is 16.5. The van der Waals surface area contributed by atoms with E-state index < -0.39 is 0 Å². The van der Waals surface area contributed by atoms with Crippen LogP contribution in [0, 0.1) is 0 Å². The van der Waals surface area contributed by atoms with E-state index in [0.717, 1.165) is 32.8 Å². The quantitative estimate of drug-likeness (QED) is 0.907. The van der Waals surface area contributed by atoms with E-state index in [1.165, 1.54) is 0 Å². The third kappa shape index (κ3) is 2.82. The minimum absolute atomic E-state index is 0.0657. The van der Waals surface area contributed by atoms with Crippen molar-refractivity contribution in [3.63, 3.8) is 0 Å². The Morgan fingerprint density at radius 1 is 1.09 bits per heavy atom. The van der Waals surface area contributed by atoms with Crippen LogP contribution in [-0.4, -0.2) is 55.9 Å². The number of hydrogen-bond acceptors (Lipinski definition) is 5. The molecule has 0 saturated carbocycles. The number of benzene rings is 1. The average molecular weight is 300 g/mol. The van der Waals surface area contributed by atoms with E-state index in [1.807, 2.05) is 0 Å². The third-order valence-electron chi connectivity index (χ3n) is 4.19. The molecular formula is C17H20N2O3. The number of morpholine rings is 1. The summed E-state index contributed by atoms with van der Waals surface area (Å²) in [7, 11) is 0. The number of ketones is 2. The Labute approximate surface area is 129 Å². The maximum atomic E-state index is 12.5. The number of hydrogen-bond donors (Lipinski definition) is 1. The molecular weight excluding hydrogens is 280 g/mol. The van der Waals surface area contributed by atoms with Gasteiger partial charge in [0.2, 0.25) is 5.78 Å². The summed E-state index contributed by atoms with van der Waals surface area (Å²) in [6.45, 7) is 6.54. The van der Waals surface area contributed by atoms with Crippen LogP contribution < -0.4 is 5.32 Å². The van der Waals surface area contributed by atoms with Crippen molar-refractivity contribution in [1.82, 2.24) is 10.2 Å². The number of Topliss-reactive ketones (excluding diaryl/α,β-unsaturated/α-hetero) is 2. The molecule has 0 bridgehead atoms. The van der Waals surface area contributed by atoms with Gasteiger partial charge in [-0.1, -0.05) is 24.3 Å². The molecule has 1 aliphatic carbocycles. The second-order valence-electron chi connectivity index (χ2n) is 5.58. The molecule has 0 spiro atoms. The number of carbonyl (C=O) groups is 2. The lowest BCUT2D eigenvalue weighted by Gasteiger charge is -2.27. The van der Waals surface area contributed by atoms with E-state index >= 15 is 0 Å². The molecule has 0 radical (unpaired) electrons. The van der Waals surface area contributed by atoms with E-state index in [0.29, 0.717) is 28.9 Å². The minimum atomic E-state index is -0.0883. The van der Waals surface area contributed by atoms with Crippen LogP contribution >= 0.6 is 0 Å². The van der Waals surface area contributed by atoms with Gasteiger partial charge in [-0.3, -0.25) is 14.5 Å². The normalized spacial score (nSPS) is 19.3. The monoisotopic (exact) mass is 300 g/mol. The first-order chi connectivity index (χ1) is 10.7. The first kappa shape index (κ1) is 14.9. The Kier molecular flexibility index (Phi) is 4.36. The number of ether oxygens (including phenoxy) is 1. The Hall–Kier alpha value is -1.98. The van der Waals surface area contributed by atoms with Crippen LogP contribution in [0.25, 0.3) is 0 Å². The maximum absolute atomic E-state index is 12.5. The molecule has 0 atom stereocenters. The lowest BCUT2D eigenvalue weighted by atomic mass is 9.88. The SMILES string of the molecule is CC1=C(NCCN2CCOCC2)C(=O)c2ccccc2C1=O. The van der Waals surface area contributed by atoms with Gasteiger partial charge in [0.15, 0.2) is 5.78 Å². The van der Waals surface area contributed by atoms with E-state index in [-0.39, 0.29) is 11.6 Å². The molecule has 1 fully saturated rings. The lowest BCUT2D eigenvalue weighted by molar-refractivity contribution is 0.0386. The molecule has 22 heavy (non-hydrogen) atoms. The van der Waals surface area contributed by atoms with Gasteiger partial charge in [0.05, 0.1) is 18.9 Å². The number of carbonyl (C=O) groups excluding carboxylic acids is 2. The van der Waals surface area contributed by atoms with Gasteiger partial charge >= 0.3 is 0 Å². The fourth-order valence-electron chi connectivity index (χ4n) is 2.88. The molecule has 2 aliphatic rings. The standard InChI is InChI=1S/C17H20N2O3/c1-12-15(18-6-7-19-8-10-22-11-9-19)17(21)14-5-3-2-4-13(14)16(12)20/h2-5,18H,6-11H2,1H3. The van der Waals surface area contributed by atoms with E-state index in [4.69, 9.17) is 4.74 Å². The first-order valence-corrected chi connectivity index (χ1v) is 7.62. The predicted octanol–water partition coefficient (Wildman–Crippen LogP) is 1.26. The number of nitrogens with zero attached hydrogens (tertiary/aromatic N) is 1. The van der Waals surface area contributed by atoms with Crippen molar-refractivity contribution >= 4 is 11.6 Å². The number of fused-ring (bicyclic) bond motifs is 1. The van der Waals surface area contributed by atoms with Crippen molar-refractivity contribution in [2.24, 2.45) is 0 Å². The molecule has 1 aliphatic heterocycles. The van der Waals surface area contributed by atoms with Crippen molar-refractivity contribution in [2.45, 2.75) is 6.92 Å². The third-order valence-corrected chi connectivity index (χ3v) is 4.19. The van der Waals surface area contributed by atoms with Crippen LogP contribution in [0.4, 0.5) is 0 Å². The molecule has 3 rings (SSSR count). The van der Waals surface area contributed by atoms with E-state index in [1.54, 1.807) is 31.2 Å². The number of rotatable bonds is 4. The smallest absolute Gasteiger partial charge is 0.209 e. The van der Waals surface area contributed by atoms with Crippen molar-refractivity contribution in [3.8, 4) is 0 Å². The van der Waals surface area contributed by atoms with Crippen LogP contribution in [0.3, 0.4) is 0 Å².